The fourth-order valence-corrected chi connectivity index (χ4v) is 13.1. The minimum absolute atomic E-state index is 0.110. The molecule has 2 aliphatic rings. The fraction of sp³-hybridized carbons (Fsp3) is 0.385. The van der Waals surface area contributed by atoms with Crippen LogP contribution in [0.2, 0.25) is 0 Å². The zero-order valence-corrected chi connectivity index (χ0v) is 42.5. The Balaban J connectivity index is 0.00000145. The molecule has 5 N–H and O–H groups in total. The number of Topliss-reactive ketones (excluding diaryl/α,β-unsaturated/α-hetero) is 1. The zero-order chi connectivity index (χ0) is 52.6. The summed E-state index contributed by atoms with van der Waals surface area (Å²) in [7, 11) is -9.63. The molecule has 0 radical (unpaired) electrons. The molecule has 1 heterocycles. The van der Waals surface area contributed by atoms with Crippen molar-refractivity contribution >= 4 is 54.6 Å². The van der Waals surface area contributed by atoms with Crippen LogP contribution in [0.25, 0.3) is 0 Å². The summed E-state index contributed by atoms with van der Waals surface area (Å²) in [6.45, 7) is 7.58. The number of allylic oxidation sites excluding steroid dienone is 4. The van der Waals surface area contributed by atoms with Gasteiger partial charge in [0.2, 0.25) is 11.6 Å². The number of carbonyl (C=O) groups excluding carboxylic acids is 4. The first-order valence-electron chi connectivity index (χ1n) is 23.2. The van der Waals surface area contributed by atoms with Gasteiger partial charge in [0.1, 0.15) is 29.3 Å². The van der Waals surface area contributed by atoms with Crippen molar-refractivity contribution in [3.63, 3.8) is 0 Å². The van der Waals surface area contributed by atoms with E-state index in [-0.39, 0.29) is 34.9 Å². The Kier molecular flexibility index (Phi) is 20.3. The van der Waals surface area contributed by atoms with Crippen molar-refractivity contribution in [1.82, 2.24) is 10.6 Å². The molecule has 3 aromatic carbocycles. The number of nitrogens with one attached hydrogen (secondary N) is 2. The summed E-state index contributed by atoms with van der Waals surface area (Å²) in [6, 6.07) is 32.6. The minimum atomic E-state index is -10.7. The second kappa shape index (κ2) is 24.8. The van der Waals surface area contributed by atoms with E-state index >= 15 is 0 Å². The van der Waals surface area contributed by atoms with Gasteiger partial charge in [0.05, 0.1) is 29.8 Å². The fourth-order valence-electron chi connectivity index (χ4n) is 8.70. The number of primary amides is 1. The van der Waals surface area contributed by atoms with E-state index in [0.717, 1.165) is 31.8 Å². The molecular formula is C52H65F6N3O8P2. The van der Waals surface area contributed by atoms with E-state index in [2.05, 4.69) is 102 Å². The first kappa shape index (κ1) is 58.1. The summed E-state index contributed by atoms with van der Waals surface area (Å²) in [4.78, 5) is 53.4. The monoisotopic (exact) mass is 1040 g/mol. The number of ether oxygens (including phenoxy) is 3. The SMILES string of the molecule is CO[C@H]1/C=C\C=C(/C)C(=O)NC2=CC(=O)C(NCCCCCC[P+](c3ccccc3)(c3ccccc3)c3ccccc3)=C(C[C@@H](C)C[C@H](OC)[C@H](O)[C@@H](C)C=C(C)[C@@H]1OC(N)=O)C2=O.F[P-](F)(F)(F)(F)F. The van der Waals surface area contributed by atoms with Crippen molar-refractivity contribution in [1.29, 1.82) is 0 Å². The summed E-state index contributed by atoms with van der Waals surface area (Å²) in [5.41, 5.74) is 6.67. The number of ketones is 2. The maximum atomic E-state index is 14.2. The normalized spacial score (nSPS) is 24.1. The molecule has 11 nitrogen and oxygen atoms in total. The van der Waals surface area contributed by atoms with Gasteiger partial charge in [0, 0.05) is 43.9 Å². The molecule has 71 heavy (non-hydrogen) atoms. The second-order valence-electron chi connectivity index (χ2n) is 17.8. The average molecular weight is 1040 g/mol. The van der Waals surface area contributed by atoms with Crippen molar-refractivity contribution < 1.29 is 63.7 Å². The van der Waals surface area contributed by atoms with E-state index in [1.807, 2.05) is 13.8 Å². The van der Waals surface area contributed by atoms with E-state index in [9.17, 15) is 49.5 Å². The predicted molar refractivity (Wildman–Crippen MR) is 270 cm³/mol. The Morgan fingerprint density at radius 2 is 1.34 bits per heavy atom. The number of hydrogen-bond donors (Lipinski definition) is 4. The van der Waals surface area contributed by atoms with Crippen LogP contribution in [0.5, 0.6) is 0 Å². The van der Waals surface area contributed by atoms with Crippen LogP contribution >= 0.6 is 15.1 Å². The summed E-state index contributed by atoms with van der Waals surface area (Å²) in [6.07, 6.45) is 8.61. The van der Waals surface area contributed by atoms with Crippen LogP contribution in [0, 0.1) is 11.8 Å². The van der Waals surface area contributed by atoms with Crippen LogP contribution in [0.15, 0.2) is 149 Å². The molecule has 0 saturated heterocycles. The molecule has 3 aromatic rings. The number of unbranched alkanes of at least 4 members (excludes halogenated alkanes) is 3. The third-order valence-corrected chi connectivity index (χ3v) is 16.6. The Labute approximate surface area is 412 Å². The molecule has 0 saturated carbocycles. The quantitative estimate of drug-likeness (QED) is 0.0404. The molecule has 0 fully saturated rings. The molecule has 1 aliphatic carbocycles. The van der Waals surface area contributed by atoms with E-state index in [1.54, 1.807) is 32.1 Å². The zero-order valence-electron chi connectivity index (χ0n) is 40.7. The van der Waals surface area contributed by atoms with Crippen molar-refractivity contribution in [2.24, 2.45) is 17.6 Å². The summed E-state index contributed by atoms with van der Waals surface area (Å²) in [5, 5.41) is 21.6. The van der Waals surface area contributed by atoms with Gasteiger partial charge in [-0.1, -0.05) is 99.2 Å². The Morgan fingerprint density at radius 3 is 1.83 bits per heavy atom. The molecule has 6 atom stereocenters. The van der Waals surface area contributed by atoms with Crippen molar-refractivity contribution in [3.8, 4) is 0 Å². The predicted octanol–water partition coefficient (Wildman–Crippen LogP) is 10.3. The number of amides is 2. The van der Waals surface area contributed by atoms with Crippen LogP contribution in [-0.2, 0) is 28.6 Å². The summed E-state index contributed by atoms with van der Waals surface area (Å²) in [5.74, 6) is -2.09. The van der Waals surface area contributed by atoms with E-state index < -0.39 is 69.0 Å². The number of aliphatic hydroxyl groups is 1. The molecule has 1 aliphatic heterocycles. The number of carbonyl (C=O) groups is 4. The molecule has 2 amide bonds. The van der Waals surface area contributed by atoms with E-state index in [0.29, 0.717) is 18.5 Å². The number of halogens is 6. The van der Waals surface area contributed by atoms with Crippen LogP contribution in [0.4, 0.5) is 30.0 Å². The number of aliphatic hydroxyl groups excluding tert-OH is 1. The molecule has 0 aromatic heterocycles. The molecule has 19 heteroatoms. The number of methoxy groups -OCH3 is 2. The van der Waals surface area contributed by atoms with E-state index in [1.165, 1.54) is 42.3 Å². The third kappa shape index (κ3) is 18.3. The number of nitrogens with two attached hydrogens (primary N) is 1. The van der Waals surface area contributed by atoms with Gasteiger partial charge in [-0.2, -0.15) is 0 Å². The van der Waals surface area contributed by atoms with Gasteiger partial charge < -0.3 is 35.7 Å². The van der Waals surface area contributed by atoms with Crippen molar-refractivity contribution in [2.75, 3.05) is 26.9 Å². The number of fused-ring (bicyclic) bond motifs is 2. The second-order valence-corrected chi connectivity index (χ2v) is 23.3. The summed E-state index contributed by atoms with van der Waals surface area (Å²) >= 11 is 0. The molecular weight excluding hydrogens is 971 g/mol. The van der Waals surface area contributed by atoms with Gasteiger partial charge in [-0.05, 0) is 93.8 Å². The Bertz CT molecular complexity index is 2360. The molecule has 2 bridgehead atoms. The molecule has 388 valence electrons. The molecule has 0 spiro atoms. The number of benzene rings is 3. The Morgan fingerprint density at radius 1 is 0.817 bits per heavy atom. The first-order valence-corrected chi connectivity index (χ1v) is 27.2. The van der Waals surface area contributed by atoms with Crippen LogP contribution < -0.4 is 32.3 Å². The standard InChI is InChI=1S/C52H64N3O8P.F6P/c1-35-31-42-47(54-29-18-7-8-19-30-64(39-22-12-9-13-23-39,40-24-14-10-15-25-40)41-26-16-11-17-27-41)44(56)34-43(49(42)58)55-51(59)36(2)21-20-28-45(61-5)50(63-52(53)60)38(4)33-37(3)48(57)46(32-35)62-6;1-7(2,3,4,5)6/h9-17,20-28,33-35,37,45-46,48,50,57H,7-8,18-19,29-32H2,1-6H3,(H3-,53,54,55,56,58,59,60);/q;-1/p+1/b28-20-,36-21+,38-33?;/t35-,37+,45+,46+,48-,50+;/m1./s1. The van der Waals surface area contributed by atoms with Crippen molar-refractivity contribution in [2.45, 2.75) is 90.6 Å². The van der Waals surface area contributed by atoms with Crippen molar-refractivity contribution in [3.05, 3.63) is 149 Å². The van der Waals surface area contributed by atoms with Crippen LogP contribution in [0.3, 0.4) is 0 Å². The first-order chi connectivity index (χ1) is 33.2. The van der Waals surface area contributed by atoms with Gasteiger partial charge in [-0.15, -0.1) is 0 Å². The van der Waals surface area contributed by atoms with Gasteiger partial charge in [-0.3, -0.25) is 14.4 Å². The van der Waals surface area contributed by atoms with Gasteiger partial charge in [0.15, 0.2) is 6.10 Å². The Hall–Kier alpha value is -5.44. The van der Waals surface area contributed by atoms with Gasteiger partial charge in [-0.25, -0.2) is 4.79 Å². The number of hydrogen-bond acceptors (Lipinski definition) is 9. The van der Waals surface area contributed by atoms with E-state index in [4.69, 9.17) is 19.9 Å². The van der Waals surface area contributed by atoms with Gasteiger partial charge in [0.25, 0.3) is 5.91 Å². The van der Waals surface area contributed by atoms with Crippen LogP contribution in [0.1, 0.15) is 66.2 Å². The number of rotatable bonds is 14. The topological polar surface area (TPSA) is 166 Å². The molecule has 0 unspecified atom stereocenters. The molecule has 5 rings (SSSR count). The van der Waals surface area contributed by atoms with Crippen LogP contribution in [-0.4, -0.2) is 80.0 Å². The maximum absolute atomic E-state index is 14.2. The third-order valence-electron chi connectivity index (χ3n) is 12.1. The average Bonchev–Trinajstić information content (AvgIpc) is 3.31. The summed E-state index contributed by atoms with van der Waals surface area (Å²) < 4.78 is 76.1. The van der Waals surface area contributed by atoms with Gasteiger partial charge >= 0.3 is 39.1 Å².